The number of carboxylic acids is 1. The van der Waals surface area contributed by atoms with Crippen LogP contribution in [0.4, 0.5) is 5.82 Å². The lowest BCUT2D eigenvalue weighted by Gasteiger charge is -2.20. The van der Waals surface area contributed by atoms with Crippen LogP contribution in [0.2, 0.25) is 5.15 Å². The van der Waals surface area contributed by atoms with E-state index in [9.17, 15) is 4.79 Å². The minimum absolute atomic E-state index is 0.0986. The van der Waals surface area contributed by atoms with Gasteiger partial charge in [-0.15, -0.1) is 6.42 Å². The highest BCUT2D eigenvalue weighted by Gasteiger charge is 2.16. The molecule has 0 saturated carbocycles. The summed E-state index contributed by atoms with van der Waals surface area (Å²) < 4.78 is 0. The lowest BCUT2D eigenvalue weighted by atomic mass is 10.2. The zero-order chi connectivity index (χ0) is 12.1. The van der Waals surface area contributed by atoms with Gasteiger partial charge in [-0.05, 0) is 19.1 Å². The Morgan fingerprint density at radius 2 is 2.38 bits per heavy atom. The molecule has 16 heavy (non-hydrogen) atoms. The van der Waals surface area contributed by atoms with Crippen LogP contribution in [-0.4, -0.2) is 29.1 Å². The Bertz CT molecular complexity index is 440. The number of halogens is 1. The molecule has 0 amide bonds. The van der Waals surface area contributed by atoms with Gasteiger partial charge in [0.05, 0.1) is 6.54 Å². The third-order valence-electron chi connectivity index (χ3n) is 2.03. The molecule has 1 aromatic heterocycles. The molecule has 1 aromatic rings. The van der Waals surface area contributed by atoms with Gasteiger partial charge in [0, 0.05) is 6.54 Å². The van der Waals surface area contributed by atoms with Gasteiger partial charge in [-0.1, -0.05) is 17.5 Å². The minimum atomic E-state index is -1.05. The standard InChI is InChI=1S/C11H11ClN2O2/c1-3-7-14(4-2)10-8(11(15)16)5-6-9(12)13-10/h1,5-6H,4,7H2,2H3,(H,15,16). The summed E-state index contributed by atoms with van der Waals surface area (Å²) in [6, 6.07) is 2.87. The molecule has 0 radical (unpaired) electrons. The van der Waals surface area contributed by atoms with Crippen LogP contribution in [-0.2, 0) is 0 Å². The molecule has 0 aliphatic rings. The molecule has 0 saturated heterocycles. The summed E-state index contributed by atoms with van der Waals surface area (Å²) in [5.74, 6) is 1.71. The van der Waals surface area contributed by atoms with Crippen molar-refractivity contribution < 1.29 is 9.90 Å². The van der Waals surface area contributed by atoms with Crippen LogP contribution in [0.3, 0.4) is 0 Å². The zero-order valence-electron chi connectivity index (χ0n) is 8.77. The zero-order valence-corrected chi connectivity index (χ0v) is 9.53. The predicted octanol–water partition coefficient (Wildman–Crippen LogP) is 1.89. The Hall–Kier alpha value is -1.73. The first kappa shape index (κ1) is 12.3. The minimum Gasteiger partial charge on any atom is -0.478 e. The molecule has 0 fully saturated rings. The van der Waals surface area contributed by atoms with Gasteiger partial charge in [0.15, 0.2) is 0 Å². The second-order valence-corrected chi connectivity index (χ2v) is 3.42. The molecule has 0 aliphatic heterocycles. The van der Waals surface area contributed by atoms with Crippen molar-refractivity contribution in [3.05, 3.63) is 22.8 Å². The van der Waals surface area contributed by atoms with Crippen LogP contribution in [0.5, 0.6) is 0 Å². The van der Waals surface area contributed by atoms with E-state index >= 15 is 0 Å². The maximum atomic E-state index is 11.0. The van der Waals surface area contributed by atoms with E-state index in [1.165, 1.54) is 12.1 Å². The third kappa shape index (κ3) is 2.65. The van der Waals surface area contributed by atoms with Gasteiger partial charge < -0.3 is 10.0 Å². The second kappa shape index (κ2) is 5.38. The molecular formula is C11H11ClN2O2. The van der Waals surface area contributed by atoms with Gasteiger partial charge in [-0.25, -0.2) is 9.78 Å². The molecule has 1 N–H and O–H groups in total. The molecule has 0 atom stereocenters. The fourth-order valence-electron chi connectivity index (χ4n) is 1.28. The summed E-state index contributed by atoms with van der Waals surface area (Å²) >= 11 is 5.74. The van der Waals surface area contributed by atoms with E-state index in [0.29, 0.717) is 18.9 Å². The monoisotopic (exact) mass is 238 g/mol. The maximum absolute atomic E-state index is 11.0. The van der Waals surface area contributed by atoms with Crippen LogP contribution in [0.25, 0.3) is 0 Å². The molecule has 1 heterocycles. The van der Waals surface area contributed by atoms with Crippen molar-refractivity contribution in [3.63, 3.8) is 0 Å². The second-order valence-electron chi connectivity index (χ2n) is 3.03. The first-order chi connectivity index (χ1) is 7.60. The lowest BCUT2D eigenvalue weighted by Crippen LogP contribution is -2.26. The molecule has 0 bridgehead atoms. The Morgan fingerprint density at radius 1 is 1.69 bits per heavy atom. The Balaban J connectivity index is 3.23. The van der Waals surface area contributed by atoms with E-state index in [4.69, 9.17) is 23.1 Å². The number of carboxylic acid groups (broad SMARTS) is 1. The van der Waals surface area contributed by atoms with Crippen molar-refractivity contribution in [2.24, 2.45) is 0 Å². The number of carbonyl (C=O) groups is 1. The van der Waals surface area contributed by atoms with Crippen LogP contribution in [0, 0.1) is 12.3 Å². The summed E-state index contributed by atoms with van der Waals surface area (Å²) in [5.41, 5.74) is 0.0986. The topological polar surface area (TPSA) is 53.4 Å². The molecule has 0 unspecified atom stereocenters. The van der Waals surface area contributed by atoms with E-state index in [-0.39, 0.29) is 10.7 Å². The number of terminal acetylenes is 1. The first-order valence-corrected chi connectivity index (χ1v) is 5.06. The Kier molecular flexibility index (Phi) is 4.15. The van der Waals surface area contributed by atoms with Crippen molar-refractivity contribution in [2.75, 3.05) is 18.0 Å². The fourth-order valence-corrected chi connectivity index (χ4v) is 1.42. The van der Waals surface area contributed by atoms with Crippen LogP contribution in [0.15, 0.2) is 12.1 Å². The van der Waals surface area contributed by atoms with Crippen molar-refractivity contribution in [1.82, 2.24) is 4.98 Å². The van der Waals surface area contributed by atoms with Crippen molar-refractivity contribution in [3.8, 4) is 12.3 Å². The van der Waals surface area contributed by atoms with E-state index in [1.54, 1.807) is 4.90 Å². The molecule has 1 rings (SSSR count). The smallest absolute Gasteiger partial charge is 0.339 e. The van der Waals surface area contributed by atoms with E-state index in [2.05, 4.69) is 10.9 Å². The highest BCUT2D eigenvalue weighted by molar-refractivity contribution is 6.29. The molecule has 0 aromatic carbocycles. The Morgan fingerprint density at radius 3 is 2.88 bits per heavy atom. The summed E-state index contributed by atoms with van der Waals surface area (Å²) in [4.78, 5) is 16.7. The normalized spacial score (nSPS) is 9.56. The largest absolute Gasteiger partial charge is 0.478 e. The predicted molar refractivity (Wildman–Crippen MR) is 62.9 cm³/mol. The average molecular weight is 239 g/mol. The lowest BCUT2D eigenvalue weighted by molar-refractivity contribution is 0.0697. The van der Waals surface area contributed by atoms with Gasteiger partial charge in [-0.3, -0.25) is 0 Å². The molecule has 0 aliphatic carbocycles. The number of hydrogen-bond acceptors (Lipinski definition) is 3. The first-order valence-electron chi connectivity index (χ1n) is 4.68. The maximum Gasteiger partial charge on any atom is 0.339 e. The van der Waals surface area contributed by atoms with Gasteiger partial charge in [0.2, 0.25) is 0 Å². The summed E-state index contributed by atoms with van der Waals surface area (Å²) in [6.45, 7) is 2.73. The SMILES string of the molecule is C#CCN(CC)c1nc(Cl)ccc1C(=O)O. The number of nitrogens with zero attached hydrogens (tertiary/aromatic N) is 2. The summed E-state index contributed by atoms with van der Waals surface area (Å²) in [7, 11) is 0. The van der Waals surface area contributed by atoms with E-state index in [1.807, 2.05) is 6.92 Å². The van der Waals surface area contributed by atoms with Crippen LogP contribution < -0.4 is 4.90 Å². The number of anilines is 1. The molecule has 0 spiro atoms. The summed E-state index contributed by atoms with van der Waals surface area (Å²) in [6.07, 6.45) is 5.21. The van der Waals surface area contributed by atoms with E-state index < -0.39 is 5.97 Å². The summed E-state index contributed by atoms with van der Waals surface area (Å²) in [5, 5.41) is 9.25. The van der Waals surface area contributed by atoms with Crippen LogP contribution in [0.1, 0.15) is 17.3 Å². The number of rotatable bonds is 4. The third-order valence-corrected chi connectivity index (χ3v) is 2.25. The van der Waals surface area contributed by atoms with Crippen molar-refractivity contribution in [2.45, 2.75) is 6.92 Å². The number of pyridine rings is 1. The van der Waals surface area contributed by atoms with Gasteiger partial charge in [0.1, 0.15) is 16.5 Å². The van der Waals surface area contributed by atoms with Crippen molar-refractivity contribution in [1.29, 1.82) is 0 Å². The highest BCUT2D eigenvalue weighted by Crippen LogP contribution is 2.20. The van der Waals surface area contributed by atoms with Gasteiger partial charge >= 0.3 is 5.97 Å². The van der Waals surface area contributed by atoms with Gasteiger partial charge in [-0.2, -0.15) is 0 Å². The Labute approximate surface area is 98.9 Å². The number of aromatic nitrogens is 1. The number of aromatic carboxylic acids is 1. The molecular weight excluding hydrogens is 228 g/mol. The van der Waals surface area contributed by atoms with Crippen LogP contribution >= 0.6 is 11.6 Å². The number of hydrogen-bond donors (Lipinski definition) is 1. The van der Waals surface area contributed by atoms with Crippen molar-refractivity contribution >= 4 is 23.4 Å². The fraction of sp³-hybridized carbons (Fsp3) is 0.273. The van der Waals surface area contributed by atoms with E-state index in [0.717, 1.165) is 0 Å². The molecule has 5 heteroatoms. The van der Waals surface area contributed by atoms with Gasteiger partial charge in [0.25, 0.3) is 0 Å². The average Bonchev–Trinajstić information content (AvgIpc) is 2.25. The molecule has 84 valence electrons. The quantitative estimate of drug-likeness (QED) is 0.643. The molecule has 4 nitrogen and oxygen atoms in total. The highest BCUT2D eigenvalue weighted by atomic mass is 35.5.